The first-order chi connectivity index (χ1) is 4.39. The summed E-state index contributed by atoms with van der Waals surface area (Å²) < 4.78 is 0. The molecule has 0 aliphatic carbocycles. The third kappa shape index (κ3) is 3.07. The summed E-state index contributed by atoms with van der Waals surface area (Å²) in [6.45, 7) is 2.16. The van der Waals surface area contributed by atoms with Gasteiger partial charge in [0.25, 0.3) is 0 Å². The molecule has 0 amide bonds. The molecule has 1 atom stereocenters. The average Bonchev–Trinajstić information content (AvgIpc) is 1.79. The predicted molar refractivity (Wildman–Crippen MR) is 41.0 cm³/mol. The van der Waals surface area contributed by atoms with Crippen molar-refractivity contribution < 1.29 is 0 Å². The van der Waals surface area contributed by atoms with E-state index in [4.69, 9.17) is 11.6 Å². The monoisotopic (exact) mass is 147 g/mol. The van der Waals surface area contributed by atoms with Crippen molar-refractivity contribution in [1.82, 2.24) is 5.32 Å². The summed E-state index contributed by atoms with van der Waals surface area (Å²) in [5, 5.41) is 3.68. The van der Waals surface area contributed by atoms with E-state index in [0.717, 1.165) is 13.1 Å². The fourth-order valence-electron chi connectivity index (χ4n) is 1.15. The van der Waals surface area contributed by atoms with Crippen molar-refractivity contribution in [1.29, 1.82) is 0 Å². The van der Waals surface area contributed by atoms with Crippen molar-refractivity contribution in [2.24, 2.45) is 0 Å². The zero-order valence-corrected chi connectivity index (χ0v) is 6.45. The number of rotatable bonds is 0. The van der Waals surface area contributed by atoms with Crippen molar-refractivity contribution in [3.05, 3.63) is 0 Å². The molecule has 0 spiro atoms. The van der Waals surface area contributed by atoms with E-state index in [-0.39, 0.29) is 0 Å². The van der Waals surface area contributed by atoms with E-state index in [9.17, 15) is 0 Å². The maximum atomic E-state index is 5.93. The summed E-state index contributed by atoms with van der Waals surface area (Å²) in [7, 11) is 0. The third-order valence-corrected chi connectivity index (χ3v) is 2.11. The first-order valence-corrected chi connectivity index (χ1v) is 4.18. The molecule has 1 fully saturated rings. The molecule has 9 heavy (non-hydrogen) atoms. The molecule has 0 radical (unpaired) electrons. The predicted octanol–water partition coefficient (Wildman–Crippen LogP) is 1.76. The molecular weight excluding hydrogens is 134 g/mol. The number of hydrogen-bond donors (Lipinski definition) is 1. The van der Waals surface area contributed by atoms with Crippen molar-refractivity contribution in [3.63, 3.8) is 0 Å². The van der Waals surface area contributed by atoms with Crippen molar-refractivity contribution >= 4 is 11.6 Å². The van der Waals surface area contributed by atoms with E-state index in [1.165, 1.54) is 25.7 Å². The Labute approximate surface area is 61.8 Å². The van der Waals surface area contributed by atoms with Crippen LogP contribution in [0.25, 0.3) is 0 Å². The van der Waals surface area contributed by atoms with Crippen LogP contribution < -0.4 is 5.32 Å². The van der Waals surface area contributed by atoms with E-state index in [1.807, 2.05) is 0 Å². The second kappa shape index (κ2) is 4.13. The fraction of sp³-hybridized carbons (Fsp3) is 1.00. The van der Waals surface area contributed by atoms with Gasteiger partial charge in [0, 0.05) is 11.9 Å². The van der Waals surface area contributed by atoms with E-state index >= 15 is 0 Å². The molecule has 1 aliphatic heterocycles. The van der Waals surface area contributed by atoms with Crippen LogP contribution >= 0.6 is 11.6 Å². The van der Waals surface area contributed by atoms with Crippen LogP contribution in [0.15, 0.2) is 0 Å². The largest absolute Gasteiger partial charge is 0.315 e. The molecule has 0 aromatic carbocycles. The van der Waals surface area contributed by atoms with Crippen molar-refractivity contribution in [2.75, 3.05) is 13.1 Å². The topological polar surface area (TPSA) is 12.0 Å². The summed E-state index contributed by atoms with van der Waals surface area (Å²) in [4.78, 5) is 0. The highest BCUT2D eigenvalue weighted by Crippen LogP contribution is 2.10. The highest BCUT2D eigenvalue weighted by molar-refractivity contribution is 6.20. The number of hydrogen-bond acceptors (Lipinski definition) is 1. The van der Waals surface area contributed by atoms with Crippen LogP contribution in [0.1, 0.15) is 25.7 Å². The van der Waals surface area contributed by atoms with E-state index < -0.39 is 0 Å². The summed E-state index contributed by atoms with van der Waals surface area (Å²) in [6.07, 6.45) is 5.17. The second-order valence-electron chi connectivity index (χ2n) is 2.65. The average molecular weight is 148 g/mol. The minimum Gasteiger partial charge on any atom is -0.315 e. The number of halogens is 1. The Morgan fingerprint density at radius 3 is 3.00 bits per heavy atom. The zero-order valence-electron chi connectivity index (χ0n) is 5.70. The highest BCUT2D eigenvalue weighted by atomic mass is 35.5. The fourth-order valence-corrected chi connectivity index (χ4v) is 1.42. The molecule has 54 valence electrons. The van der Waals surface area contributed by atoms with Gasteiger partial charge in [-0.05, 0) is 19.4 Å². The summed E-state index contributed by atoms with van der Waals surface area (Å²) in [5.41, 5.74) is 0. The van der Waals surface area contributed by atoms with Gasteiger partial charge in [0.15, 0.2) is 0 Å². The maximum absolute atomic E-state index is 5.93. The van der Waals surface area contributed by atoms with Crippen LogP contribution in [0.3, 0.4) is 0 Å². The van der Waals surface area contributed by atoms with Crippen molar-refractivity contribution in [2.45, 2.75) is 31.1 Å². The second-order valence-corrected chi connectivity index (χ2v) is 3.27. The van der Waals surface area contributed by atoms with Gasteiger partial charge in [0.1, 0.15) is 0 Å². The molecule has 2 heteroatoms. The molecule has 1 unspecified atom stereocenters. The van der Waals surface area contributed by atoms with Gasteiger partial charge in [0.2, 0.25) is 0 Å². The van der Waals surface area contributed by atoms with Gasteiger partial charge in [-0.2, -0.15) is 0 Å². The lowest BCUT2D eigenvalue weighted by atomic mass is 10.1. The summed E-state index contributed by atoms with van der Waals surface area (Å²) in [6, 6.07) is 0. The molecule has 1 rings (SSSR count). The zero-order chi connectivity index (χ0) is 6.53. The molecule has 1 saturated heterocycles. The number of nitrogens with one attached hydrogen (secondary N) is 1. The first kappa shape index (κ1) is 7.36. The molecular formula is C7H14ClN. The van der Waals surface area contributed by atoms with Gasteiger partial charge in [-0.3, -0.25) is 0 Å². The first-order valence-electron chi connectivity index (χ1n) is 3.74. The molecule has 0 saturated carbocycles. The molecule has 1 aliphatic rings. The quantitative estimate of drug-likeness (QED) is 0.515. The Balaban J connectivity index is 2.12. The summed E-state index contributed by atoms with van der Waals surface area (Å²) >= 11 is 5.93. The van der Waals surface area contributed by atoms with E-state index in [2.05, 4.69) is 5.32 Å². The molecule has 0 aromatic heterocycles. The standard InChI is InChI=1S/C7H14ClN/c8-7-4-2-1-3-5-9-6-7/h7,9H,1-6H2. The van der Waals surface area contributed by atoms with Crippen LogP contribution in [-0.4, -0.2) is 18.5 Å². The lowest BCUT2D eigenvalue weighted by molar-refractivity contribution is 0.521. The molecule has 1 nitrogen and oxygen atoms in total. The molecule has 1 N–H and O–H groups in total. The van der Waals surface area contributed by atoms with Gasteiger partial charge in [-0.1, -0.05) is 12.8 Å². The normalized spacial score (nSPS) is 31.0. The maximum Gasteiger partial charge on any atom is 0.0460 e. The van der Waals surface area contributed by atoms with Crippen LogP contribution in [-0.2, 0) is 0 Å². The van der Waals surface area contributed by atoms with Crippen LogP contribution in [0.5, 0.6) is 0 Å². The van der Waals surface area contributed by atoms with Crippen LogP contribution in [0.2, 0.25) is 0 Å². The smallest absolute Gasteiger partial charge is 0.0460 e. The Hall–Kier alpha value is 0.250. The van der Waals surface area contributed by atoms with Gasteiger partial charge >= 0.3 is 0 Å². The minimum absolute atomic E-state index is 0.380. The Kier molecular flexibility index (Phi) is 3.37. The van der Waals surface area contributed by atoms with Gasteiger partial charge in [-0.25, -0.2) is 0 Å². The van der Waals surface area contributed by atoms with Gasteiger partial charge < -0.3 is 5.32 Å². The molecule has 0 bridgehead atoms. The Morgan fingerprint density at radius 1 is 1.22 bits per heavy atom. The van der Waals surface area contributed by atoms with Crippen LogP contribution in [0.4, 0.5) is 0 Å². The molecule has 1 heterocycles. The van der Waals surface area contributed by atoms with Crippen LogP contribution in [0, 0.1) is 0 Å². The third-order valence-electron chi connectivity index (χ3n) is 1.74. The summed E-state index contributed by atoms with van der Waals surface area (Å²) in [5.74, 6) is 0. The van der Waals surface area contributed by atoms with Gasteiger partial charge in [0.05, 0.1) is 0 Å². The number of alkyl halides is 1. The van der Waals surface area contributed by atoms with Gasteiger partial charge in [-0.15, -0.1) is 11.6 Å². The molecule has 0 aromatic rings. The lowest BCUT2D eigenvalue weighted by Gasteiger charge is -2.13. The SMILES string of the molecule is ClC1CCCCCNC1. The lowest BCUT2D eigenvalue weighted by Crippen LogP contribution is -2.26. The Bertz CT molecular complexity index is 67.3. The van der Waals surface area contributed by atoms with Crippen molar-refractivity contribution in [3.8, 4) is 0 Å². The van der Waals surface area contributed by atoms with E-state index in [1.54, 1.807) is 0 Å². The highest BCUT2D eigenvalue weighted by Gasteiger charge is 2.05. The van der Waals surface area contributed by atoms with E-state index in [0.29, 0.717) is 5.38 Å². The minimum atomic E-state index is 0.380. The Morgan fingerprint density at radius 2 is 2.11 bits per heavy atom.